The van der Waals surface area contributed by atoms with Crippen molar-refractivity contribution in [3.8, 4) is 0 Å². The number of halogens is 1. The monoisotopic (exact) mass is 257 g/mol. The van der Waals surface area contributed by atoms with Crippen molar-refractivity contribution in [2.24, 2.45) is 5.73 Å². The Balaban J connectivity index is 3.17. The molecule has 1 amide bonds. The van der Waals surface area contributed by atoms with Gasteiger partial charge in [-0.05, 0) is 30.4 Å². The van der Waals surface area contributed by atoms with Crippen molar-refractivity contribution in [1.82, 2.24) is 4.90 Å². The summed E-state index contributed by atoms with van der Waals surface area (Å²) in [5, 5.41) is 3.33. The van der Waals surface area contributed by atoms with E-state index in [2.05, 4.69) is 5.32 Å². The van der Waals surface area contributed by atoms with E-state index >= 15 is 0 Å². The van der Waals surface area contributed by atoms with Gasteiger partial charge < -0.3 is 16.0 Å². The predicted molar refractivity (Wildman–Crippen MR) is 69.9 cm³/mol. The number of carbonyl (C=O) groups excluding carboxylic acids is 1. The fourth-order valence-electron chi connectivity index (χ4n) is 1.18. The third kappa shape index (κ3) is 3.08. The molecule has 1 aromatic rings. The van der Waals surface area contributed by atoms with Crippen LogP contribution in [0.3, 0.4) is 0 Å². The molecule has 4 nitrogen and oxygen atoms in total. The highest BCUT2D eigenvalue weighted by Crippen LogP contribution is 2.21. The van der Waals surface area contributed by atoms with Crippen LogP contribution in [-0.4, -0.2) is 30.0 Å². The highest BCUT2D eigenvalue weighted by molar-refractivity contribution is 7.80. The Labute approximate surface area is 104 Å². The zero-order valence-electron chi connectivity index (χ0n) is 8.95. The molecule has 1 aromatic carbocycles. The minimum absolute atomic E-state index is 0.107. The van der Waals surface area contributed by atoms with Gasteiger partial charge in [0.05, 0.1) is 11.3 Å². The van der Waals surface area contributed by atoms with Gasteiger partial charge in [0.2, 0.25) is 0 Å². The van der Waals surface area contributed by atoms with Crippen LogP contribution >= 0.6 is 23.8 Å². The second-order valence-corrected chi connectivity index (χ2v) is 4.25. The van der Waals surface area contributed by atoms with Crippen molar-refractivity contribution in [2.45, 2.75) is 0 Å². The van der Waals surface area contributed by atoms with E-state index < -0.39 is 0 Å². The van der Waals surface area contributed by atoms with Gasteiger partial charge >= 0.3 is 0 Å². The van der Waals surface area contributed by atoms with Crippen LogP contribution in [0.4, 0.5) is 5.69 Å². The van der Waals surface area contributed by atoms with E-state index in [4.69, 9.17) is 29.6 Å². The van der Waals surface area contributed by atoms with Crippen LogP contribution in [-0.2, 0) is 0 Å². The number of rotatable bonds is 2. The molecule has 0 unspecified atom stereocenters. The highest BCUT2D eigenvalue weighted by atomic mass is 35.5. The molecule has 0 heterocycles. The smallest absolute Gasteiger partial charge is 0.255 e. The first-order chi connectivity index (χ1) is 7.41. The number of nitrogens with zero attached hydrogens (tertiary/aromatic N) is 1. The van der Waals surface area contributed by atoms with Crippen molar-refractivity contribution in [3.63, 3.8) is 0 Å². The van der Waals surface area contributed by atoms with Crippen LogP contribution in [0.5, 0.6) is 0 Å². The summed E-state index contributed by atoms with van der Waals surface area (Å²) in [6, 6.07) is 4.90. The molecule has 1 rings (SSSR count). The van der Waals surface area contributed by atoms with Crippen LogP contribution in [0, 0.1) is 0 Å². The Kier molecular flexibility index (Phi) is 4.09. The summed E-state index contributed by atoms with van der Waals surface area (Å²) >= 11 is 10.6. The first-order valence-corrected chi connectivity index (χ1v) is 5.28. The van der Waals surface area contributed by atoms with E-state index in [9.17, 15) is 4.79 Å². The third-order valence-electron chi connectivity index (χ3n) is 1.88. The molecule has 0 fully saturated rings. The lowest BCUT2D eigenvalue weighted by Gasteiger charge is -2.15. The van der Waals surface area contributed by atoms with Gasteiger partial charge in [-0.3, -0.25) is 4.79 Å². The van der Waals surface area contributed by atoms with Crippen LogP contribution < -0.4 is 11.1 Å². The molecule has 3 N–H and O–H groups in total. The standard InChI is InChI=1S/C10H12ClN3OS/c1-14(2)9(15)7-5-6(11)3-4-8(7)13-10(12)16/h3-5H,1-2H3,(H3,12,13,16). The Morgan fingerprint density at radius 2 is 2.12 bits per heavy atom. The van der Waals surface area contributed by atoms with Gasteiger partial charge in [0.15, 0.2) is 5.11 Å². The molecule has 16 heavy (non-hydrogen) atoms. The number of carbonyl (C=O) groups is 1. The van der Waals surface area contributed by atoms with Crippen LogP contribution in [0.25, 0.3) is 0 Å². The van der Waals surface area contributed by atoms with Crippen molar-refractivity contribution in [2.75, 3.05) is 19.4 Å². The van der Waals surface area contributed by atoms with E-state index in [1.54, 1.807) is 32.3 Å². The van der Waals surface area contributed by atoms with Gasteiger partial charge in [0.1, 0.15) is 0 Å². The summed E-state index contributed by atoms with van der Waals surface area (Å²) in [6.45, 7) is 0. The molecule has 0 saturated heterocycles. The van der Waals surface area contributed by atoms with Crippen LogP contribution in [0.15, 0.2) is 18.2 Å². The minimum Gasteiger partial charge on any atom is -0.376 e. The molecule has 0 aliphatic heterocycles. The Morgan fingerprint density at radius 1 is 1.50 bits per heavy atom. The normalized spacial score (nSPS) is 9.69. The first-order valence-electron chi connectivity index (χ1n) is 4.49. The molecule has 0 bridgehead atoms. The second kappa shape index (κ2) is 5.14. The number of anilines is 1. The molecule has 0 aliphatic carbocycles. The molecule has 6 heteroatoms. The molecular formula is C10H12ClN3OS. The SMILES string of the molecule is CN(C)C(=O)c1cc(Cl)ccc1NC(N)=S. The maximum Gasteiger partial charge on any atom is 0.255 e. The third-order valence-corrected chi connectivity index (χ3v) is 2.21. The zero-order valence-corrected chi connectivity index (χ0v) is 10.5. The average molecular weight is 258 g/mol. The summed E-state index contributed by atoms with van der Waals surface area (Å²) < 4.78 is 0. The summed E-state index contributed by atoms with van der Waals surface area (Å²) in [5.41, 5.74) is 6.36. The number of nitrogens with one attached hydrogen (secondary N) is 1. The van der Waals surface area contributed by atoms with Crippen molar-refractivity contribution >= 4 is 40.5 Å². The summed E-state index contributed by atoms with van der Waals surface area (Å²) in [7, 11) is 3.32. The minimum atomic E-state index is -0.166. The summed E-state index contributed by atoms with van der Waals surface area (Å²) in [4.78, 5) is 13.3. The first kappa shape index (κ1) is 12.7. The maximum atomic E-state index is 11.8. The van der Waals surface area contributed by atoms with Gasteiger partial charge in [0, 0.05) is 19.1 Å². The Morgan fingerprint density at radius 3 is 2.62 bits per heavy atom. The molecule has 0 aliphatic rings. The van der Waals surface area contributed by atoms with Gasteiger partial charge in [-0.2, -0.15) is 0 Å². The molecule has 0 radical (unpaired) electrons. The topological polar surface area (TPSA) is 58.4 Å². The quantitative estimate of drug-likeness (QED) is 0.792. The highest BCUT2D eigenvalue weighted by Gasteiger charge is 2.14. The van der Waals surface area contributed by atoms with Crippen molar-refractivity contribution in [1.29, 1.82) is 0 Å². The average Bonchev–Trinajstić information content (AvgIpc) is 2.18. The second-order valence-electron chi connectivity index (χ2n) is 3.38. The lowest BCUT2D eigenvalue weighted by atomic mass is 10.1. The number of amides is 1. The van der Waals surface area contributed by atoms with Crippen molar-refractivity contribution in [3.05, 3.63) is 28.8 Å². The summed E-state index contributed by atoms with van der Waals surface area (Å²) in [5.74, 6) is -0.166. The molecular weight excluding hydrogens is 246 g/mol. The summed E-state index contributed by atoms with van der Waals surface area (Å²) in [6.07, 6.45) is 0. The van der Waals surface area contributed by atoms with E-state index in [0.717, 1.165) is 0 Å². The molecule has 0 spiro atoms. The lowest BCUT2D eigenvalue weighted by Crippen LogP contribution is -2.25. The van der Waals surface area contributed by atoms with Gasteiger partial charge in [0.25, 0.3) is 5.91 Å². The predicted octanol–water partition coefficient (Wildman–Crippen LogP) is 1.70. The maximum absolute atomic E-state index is 11.8. The molecule has 0 aromatic heterocycles. The fourth-order valence-corrected chi connectivity index (χ4v) is 1.46. The zero-order chi connectivity index (χ0) is 12.3. The van der Waals surface area contributed by atoms with Crippen LogP contribution in [0.1, 0.15) is 10.4 Å². The van der Waals surface area contributed by atoms with Gasteiger partial charge in [-0.1, -0.05) is 11.6 Å². The number of benzene rings is 1. The lowest BCUT2D eigenvalue weighted by molar-refractivity contribution is 0.0828. The number of hydrogen-bond donors (Lipinski definition) is 2. The largest absolute Gasteiger partial charge is 0.376 e. The Bertz CT molecular complexity index is 434. The molecule has 0 atom stereocenters. The number of thiocarbonyl (C=S) groups is 1. The van der Waals surface area contributed by atoms with Crippen molar-refractivity contribution < 1.29 is 4.79 Å². The van der Waals surface area contributed by atoms with Crippen LogP contribution in [0.2, 0.25) is 5.02 Å². The Hall–Kier alpha value is -1.33. The van der Waals surface area contributed by atoms with E-state index in [0.29, 0.717) is 16.3 Å². The molecule has 86 valence electrons. The van der Waals surface area contributed by atoms with E-state index in [-0.39, 0.29) is 11.0 Å². The molecule has 0 saturated carbocycles. The van der Waals surface area contributed by atoms with E-state index in [1.165, 1.54) is 4.90 Å². The van der Waals surface area contributed by atoms with Gasteiger partial charge in [-0.25, -0.2) is 0 Å². The number of nitrogens with two attached hydrogens (primary N) is 1. The number of hydrogen-bond acceptors (Lipinski definition) is 2. The van der Waals surface area contributed by atoms with E-state index in [1.807, 2.05) is 0 Å². The fraction of sp³-hybridized carbons (Fsp3) is 0.200. The van der Waals surface area contributed by atoms with Gasteiger partial charge in [-0.15, -0.1) is 0 Å².